The van der Waals surface area contributed by atoms with Gasteiger partial charge in [0.05, 0.1) is 0 Å². The van der Waals surface area contributed by atoms with Gasteiger partial charge in [0.1, 0.15) is 0 Å². The summed E-state index contributed by atoms with van der Waals surface area (Å²) in [7, 11) is -2.67. The number of hydrogen-bond donors (Lipinski definition) is 2. The molecule has 0 spiro atoms. The van der Waals surface area contributed by atoms with E-state index in [0.29, 0.717) is 0 Å². The first-order valence-corrected chi connectivity index (χ1v) is 0.735. The average molecular weight is 161 g/mol. The molecule has 0 saturated carbocycles. The normalized spacial score (nSPS) is 4.50. The molecule has 6 heavy (non-hydrogen) atoms. The summed E-state index contributed by atoms with van der Waals surface area (Å²) in [5, 5.41) is 13.9. The van der Waals surface area contributed by atoms with Gasteiger partial charge in [-0.25, -0.2) is 0 Å². The first kappa shape index (κ1) is 15.7. The molecule has 0 aliphatic carbocycles. The summed E-state index contributed by atoms with van der Waals surface area (Å²) >= 11 is 0. The molecule has 0 rings (SSSR count). The average Bonchev–Trinajstić information content (AvgIpc) is 0.811. The monoisotopic (exact) mass is 161 g/mol. The Labute approximate surface area is 92.8 Å². The van der Waals surface area contributed by atoms with Crippen molar-refractivity contribution in [1.29, 1.82) is 0 Å². The Morgan fingerprint density at radius 3 is 1.50 bits per heavy atom. The maximum Gasteiger partial charge on any atom is 2.00 e. The number of halogens is 1. The van der Waals surface area contributed by atoms with Crippen molar-refractivity contribution >= 4 is 17.5 Å². The summed E-state index contributed by atoms with van der Waals surface area (Å²) in [5.41, 5.74) is 0. The molecule has 0 aromatic carbocycles. The summed E-state index contributed by atoms with van der Waals surface area (Å²) in [6, 6.07) is 0. The van der Waals surface area contributed by atoms with Gasteiger partial charge in [-0.05, 0) is 0 Å². The molecule has 0 heterocycles. The molecule has 0 aliphatic rings. The van der Waals surface area contributed by atoms with Crippen LogP contribution in [0, 0.1) is 0 Å². The second kappa shape index (κ2) is 10.00. The van der Waals surface area contributed by atoms with Gasteiger partial charge < -0.3 is 14.3 Å². The first-order valence-electron chi connectivity index (χ1n) is 0.735. The summed E-state index contributed by atoms with van der Waals surface area (Å²) < 4.78 is 10.1. The molecule has 0 aliphatic heterocycles. The Hall–Kier alpha value is 1.89. The second-order valence-corrected chi connectivity index (χ2v) is 0.311. The molecule has 2 nitrogen and oxygen atoms in total. The fourth-order valence-electron chi connectivity index (χ4n) is 0. The zero-order valence-electron chi connectivity index (χ0n) is 6.56. The fraction of sp³-hybridized carbons (Fsp3) is 0. The van der Waals surface area contributed by atoms with Crippen LogP contribution >= 0.6 is 0 Å². The van der Waals surface area contributed by atoms with Gasteiger partial charge in [0, 0.05) is 0 Å². The van der Waals surface area contributed by atoms with Crippen molar-refractivity contribution in [1.82, 2.24) is 0 Å². The Balaban J connectivity index is -0.00000000450. The Morgan fingerprint density at radius 1 is 1.50 bits per heavy atom. The van der Waals surface area contributed by atoms with Gasteiger partial charge in [-0.15, -0.1) is 0 Å². The zero-order chi connectivity index (χ0) is 3.58. The van der Waals surface area contributed by atoms with Crippen molar-refractivity contribution < 1.29 is 76.8 Å². The maximum atomic E-state index is 10.1. The van der Waals surface area contributed by atoms with Crippen LogP contribution in [0.25, 0.3) is 0 Å². The van der Waals surface area contributed by atoms with Gasteiger partial charge in [0.15, 0.2) is 0 Å². The molecule has 0 saturated heterocycles. The van der Waals surface area contributed by atoms with Crippen LogP contribution in [0.4, 0.5) is 4.32 Å². The molecule has 0 radical (unpaired) electrons. The molecule has 0 unspecified atom stereocenters. The molecule has 30 valence electrons. The van der Waals surface area contributed by atoms with Crippen LogP contribution in [-0.4, -0.2) is 27.6 Å². The van der Waals surface area contributed by atoms with Gasteiger partial charge in [0.25, 0.3) is 0 Å². The van der Waals surface area contributed by atoms with Gasteiger partial charge in [0.2, 0.25) is 0 Å². The third kappa shape index (κ3) is 39.4. The van der Waals surface area contributed by atoms with Crippen molar-refractivity contribution in [3.8, 4) is 0 Å². The van der Waals surface area contributed by atoms with Crippen molar-refractivity contribution in [2.45, 2.75) is 0 Å². The fourth-order valence-corrected chi connectivity index (χ4v) is 0. The SMILES string of the molecule is OB(O)F.[Be+2].[H-].[H-].[H-].[Rb+]. The van der Waals surface area contributed by atoms with E-state index in [0.717, 1.165) is 0 Å². The molecular weight excluding hydrogens is 156 g/mol. The van der Waals surface area contributed by atoms with E-state index in [2.05, 4.69) is 0 Å². The Kier molecular flexibility index (Phi) is 26.1. The van der Waals surface area contributed by atoms with Crippen molar-refractivity contribution in [2.24, 2.45) is 0 Å². The molecule has 2 N–H and O–H groups in total. The predicted molar refractivity (Wildman–Crippen MR) is 20.4 cm³/mol. The predicted octanol–water partition coefficient (Wildman–Crippen LogP) is -4.11. The van der Waals surface area contributed by atoms with E-state index in [9.17, 15) is 4.32 Å². The van der Waals surface area contributed by atoms with Gasteiger partial charge in [-0.1, -0.05) is 0 Å². The Morgan fingerprint density at radius 2 is 1.50 bits per heavy atom. The molecule has 0 atom stereocenters. The van der Waals surface area contributed by atoms with Gasteiger partial charge in [-0.3, -0.25) is 4.32 Å². The van der Waals surface area contributed by atoms with E-state index in [4.69, 9.17) is 10.0 Å². The molecule has 0 bridgehead atoms. The first-order chi connectivity index (χ1) is 1.73. The summed E-state index contributed by atoms with van der Waals surface area (Å²) in [5.74, 6) is 0. The molecule has 0 fully saturated rings. The van der Waals surface area contributed by atoms with Crippen molar-refractivity contribution in [3.63, 3.8) is 0 Å². The smallest absolute Gasteiger partial charge is 1.00 e. The van der Waals surface area contributed by atoms with Crippen LogP contribution in [0.2, 0.25) is 0 Å². The van der Waals surface area contributed by atoms with Crippen molar-refractivity contribution in [3.05, 3.63) is 0 Å². The molecule has 0 aromatic rings. The zero-order valence-corrected chi connectivity index (χ0v) is 8.47. The van der Waals surface area contributed by atoms with Crippen LogP contribution in [0.15, 0.2) is 0 Å². The van der Waals surface area contributed by atoms with E-state index in [1.807, 2.05) is 0 Å². The van der Waals surface area contributed by atoms with Crippen molar-refractivity contribution in [2.75, 3.05) is 0 Å². The van der Waals surface area contributed by atoms with Crippen LogP contribution in [0.1, 0.15) is 4.28 Å². The minimum atomic E-state index is -2.67. The standard InChI is InChI=1S/BFH2O2.Be.Rb.3H/c2-1(3)4;;;;;/h3-4H;;;;;/q;+2;+1;3*-1. The third-order valence-corrected chi connectivity index (χ3v) is 0. The quantitative estimate of drug-likeness (QED) is 0.355. The van der Waals surface area contributed by atoms with Crippen LogP contribution in [0.5, 0.6) is 0 Å². The Bertz CT molecular complexity index is 26.5. The largest absolute Gasteiger partial charge is 2.00 e. The van der Waals surface area contributed by atoms with E-state index in [-0.39, 0.29) is 72.6 Å². The van der Waals surface area contributed by atoms with Gasteiger partial charge >= 0.3 is 75.7 Å². The number of rotatable bonds is 0. The van der Waals surface area contributed by atoms with E-state index >= 15 is 0 Å². The molecule has 0 amide bonds. The summed E-state index contributed by atoms with van der Waals surface area (Å²) in [6.07, 6.45) is 0. The molecule has 0 aromatic heterocycles. The van der Waals surface area contributed by atoms with Crippen LogP contribution in [-0.2, 0) is 0 Å². The minimum absolute atomic E-state index is 0. The second-order valence-electron chi connectivity index (χ2n) is 0.311. The number of hydrogen-bond acceptors (Lipinski definition) is 2. The maximum absolute atomic E-state index is 10.1. The van der Waals surface area contributed by atoms with Crippen LogP contribution < -0.4 is 58.2 Å². The topological polar surface area (TPSA) is 40.5 Å². The summed E-state index contributed by atoms with van der Waals surface area (Å²) in [6.45, 7) is 0. The molecular formula is H5BBeFO2Rb. The van der Waals surface area contributed by atoms with E-state index < -0.39 is 7.40 Å². The molecule has 6 heteroatoms. The summed E-state index contributed by atoms with van der Waals surface area (Å²) in [4.78, 5) is 0. The van der Waals surface area contributed by atoms with E-state index in [1.165, 1.54) is 0 Å². The van der Waals surface area contributed by atoms with Crippen LogP contribution in [0.3, 0.4) is 0 Å². The van der Waals surface area contributed by atoms with Gasteiger partial charge in [-0.2, -0.15) is 0 Å². The third-order valence-electron chi connectivity index (χ3n) is 0. The van der Waals surface area contributed by atoms with E-state index in [1.54, 1.807) is 0 Å². The minimum Gasteiger partial charge on any atom is -1.00 e.